The van der Waals surface area contributed by atoms with Crippen molar-refractivity contribution >= 4 is 139 Å². The highest BCUT2D eigenvalue weighted by atomic mass is 35.9. The molecule has 5 N–H and O–H groups in total. The van der Waals surface area contributed by atoms with Crippen LogP contribution in [0.15, 0.2) is 111 Å². The molecule has 6 heterocycles. The lowest BCUT2D eigenvalue weighted by atomic mass is 10.1. The number of hydrogen-bond acceptors (Lipinski definition) is 18. The molecule has 0 radical (unpaired) electrons. The summed E-state index contributed by atoms with van der Waals surface area (Å²) in [5.41, 5.74) is 7.23. The van der Waals surface area contributed by atoms with E-state index in [1.54, 1.807) is 61.4 Å². The number of aromatic amines is 1. The summed E-state index contributed by atoms with van der Waals surface area (Å²) in [6.07, 6.45) is 13.8. The molecule has 25 nitrogen and oxygen atoms in total. The maximum absolute atomic E-state index is 11.9. The smallest absolute Gasteiger partial charge is 0.342 e. The van der Waals surface area contributed by atoms with Crippen molar-refractivity contribution in [3.05, 3.63) is 128 Å². The second kappa shape index (κ2) is 24.9. The molecule has 9 rings (SSSR count). The SMILES string of the molecule is CC(=O)c1n[nH]c2ccc(N(C)c3cncnc3)cc12.CC(=O)c1nn(CP(=O)(Cl)Cl)c2ccc(N(C)c3cncnc3)cc12.CC(=O)c1nn(CP(=O)(O)O)c2ccc(N(C)c3cncnc3)cc12.O=P(O)(O)CCl. The number of anilines is 6. The quantitative estimate of drug-likeness (QED) is 0.0385. The lowest BCUT2D eigenvalue weighted by Crippen LogP contribution is -2.10. The van der Waals surface area contributed by atoms with Gasteiger partial charge >= 0.3 is 15.2 Å². The Bertz CT molecular complexity index is 3510. The van der Waals surface area contributed by atoms with Gasteiger partial charge in [-0.3, -0.25) is 42.5 Å². The van der Waals surface area contributed by atoms with Crippen molar-refractivity contribution in [3.63, 3.8) is 0 Å². The molecule has 3 aromatic carbocycles. The van der Waals surface area contributed by atoms with Gasteiger partial charge in [0.15, 0.2) is 17.3 Å². The lowest BCUT2D eigenvalue weighted by molar-refractivity contribution is 0.100. The summed E-state index contributed by atoms with van der Waals surface area (Å²) >= 11 is 16.1. The second-order valence-corrected chi connectivity index (χ2v) is 25.5. The first-order valence-electron chi connectivity index (χ1n) is 21.9. The van der Waals surface area contributed by atoms with E-state index >= 15 is 0 Å². The van der Waals surface area contributed by atoms with Crippen LogP contribution in [-0.2, 0) is 26.3 Å². The van der Waals surface area contributed by atoms with Gasteiger partial charge < -0.3 is 34.3 Å². The normalized spacial score (nSPS) is 11.4. The van der Waals surface area contributed by atoms with Crippen molar-refractivity contribution < 1.29 is 47.7 Å². The third-order valence-corrected chi connectivity index (χ3v) is 13.9. The fourth-order valence-electron chi connectivity index (χ4n) is 7.14. The predicted octanol–water partition coefficient (Wildman–Crippen LogP) is 9.04. The van der Waals surface area contributed by atoms with Crippen LogP contribution in [0.2, 0.25) is 0 Å². The number of halogens is 3. The zero-order chi connectivity index (χ0) is 55.7. The van der Waals surface area contributed by atoms with Crippen molar-refractivity contribution in [2.75, 3.05) is 41.5 Å². The topological polar surface area (TPSA) is 335 Å². The Balaban J connectivity index is 0.000000176. The number of rotatable bonds is 14. The summed E-state index contributed by atoms with van der Waals surface area (Å²) < 4.78 is 35.2. The summed E-state index contributed by atoms with van der Waals surface area (Å²) in [7, 11) is -2.59. The van der Waals surface area contributed by atoms with Crippen molar-refractivity contribution in [1.29, 1.82) is 0 Å². The van der Waals surface area contributed by atoms with E-state index < -0.39 is 32.9 Å². The van der Waals surface area contributed by atoms with Gasteiger partial charge in [0.1, 0.15) is 54.3 Å². The van der Waals surface area contributed by atoms with Crippen LogP contribution >= 0.6 is 55.1 Å². The van der Waals surface area contributed by atoms with Crippen LogP contribution < -0.4 is 14.7 Å². The van der Waals surface area contributed by atoms with Gasteiger partial charge in [0, 0.05) is 75.1 Å². The Morgan fingerprint density at radius 1 is 0.526 bits per heavy atom. The summed E-state index contributed by atoms with van der Waals surface area (Å²) in [6.45, 7) is 4.30. The number of carbonyl (C=O) groups excluding carboxylic acids is 3. The summed E-state index contributed by atoms with van der Waals surface area (Å²) in [5.74, 6) is -3.92. The van der Waals surface area contributed by atoms with Gasteiger partial charge in [0.05, 0.1) is 70.8 Å². The van der Waals surface area contributed by atoms with Gasteiger partial charge in [0.2, 0.25) is 0 Å². The van der Waals surface area contributed by atoms with Crippen LogP contribution in [0.3, 0.4) is 0 Å². The Morgan fingerprint density at radius 3 is 1.20 bits per heavy atom. The fourth-order valence-corrected chi connectivity index (χ4v) is 8.84. The number of carbonyl (C=O) groups is 3. The number of Topliss-reactive ketones (excluding diaryl/α,β-unsaturated/α-hetero) is 3. The summed E-state index contributed by atoms with van der Waals surface area (Å²) in [5, 5.41) is 17.2. The minimum atomic E-state index is -4.33. The van der Waals surface area contributed by atoms with E-state index in [0.29, 0.717) is 27.5 Å². The van der Waals surface area contributed by atoms with E-state index in [9.17, 15) is 37.9 Å². The molecule has 0 unspecified atom stereocenters. The molecule has 0 saturated heterocycles. The van der Waals surface area contributed by atoms with E-state index in [-0.39, 0.29) is 35.0 Å². The summed E-state index contributed by atoms with van der Waals surface area (Å²) in [4.78, 5) is 99.1. The minimum absolute atomic E-state index is 0.0564. The minimum Gasteiger partial charge on any atom is -0.342 e. The van der Waals surface area contributed by atoms with Crippen molar-refractivity contribution in [2.45, 2.75) is 33.3 Å². The highest BCUT2D eigenvalue weighted by molar-refractivity contribution is 8.07. The highest BCUT2D eigenvalue weighted by Crippen LogP contribution is 2.58. The number of nitrogens with zero attached hydrogens (tertiary/aromatic N) is 14. The average Bonchev–Trinajstić information content (AvgIpc) is 4.09. The fraction of sp³-hybridized carbons (Fsp3) is 0.200. The van der Waals surface area contributed by atoms with Crippen LogP contribution in [0, 0.1) is 0 Å². The number of benzene rings is 3. The van der Waals surface area contributed by atoms with E-state index in [4.69, 9.17) is 43.9 Å². The molecule has 0 atom stereocenters. The third-order valence-electron chi connectivity index (χ3n) is 10.8. The number of H-pyrrole nitrogens is 1. The van der Waals surface area contributed by atoms with E-state index in [2.05, 4.69) is 50.3 Å². The summed E-state index contributed by atoms with van der Waals surface area (Å²) in [6, 6.07) is 16.5. The first-order valence-corrected chi connectivity index (χ1v) is 29.7. The maximum Gasteiger partial charge on any atom is 0.346 e. The molecule has 0 bridgehead atoms. The predicted molar refractivity (Wildman–Crippen MR) is 290 cm³/mol. The van der Waals surface area contributed by atoms with Crippen LogP contribution in [-0.4, -0.2) is 123 Å². The number of nitrogens with one attached hydrogen (secondary N) is 1. The Morgan fingerprint density at radius 2 is 0.868 bits per heavy atom. The number of fused-ring (bicyclic) bond motifs is 3. The molecule has 31 heteroatoms. The Kier molecular flexibility index (Phi) is 19.1. The van der Waals surface area contributed by atoms with Gasteiger partial charge in [-0.1, -0.05) is 0 Å². The molecule has 0 aliphatic carbocycles. The molecule has 0 saturated carbocycles. The molecule has 0 amide bonds. The Hall–Kier alpha value is -6.88. The van der Waals surface area contributed by atoms with E-state index in [1.165, 1.54) is 49.1 Å². The standard InChI is InChI=1S/C15H14Cl2N5O2P.C15H16N5O4P.C14H13N5O.CH4ClO3P/c1-10(23)15-13-5-11(21(2)12-6-18-8-19-7-12)3-4-14(13)22(20-15)9-25(16,17)24;1-10(21)15-13-5-11(19(2)12-6-16-8-17-7-12)3-4-14(13)20(18-15)9-25(22,23)24;1-9(20)14-12-5-10(3-4-13(12)17-18-14)19(2)11-6-15-8-16-7-11;2-1-6(3,4)5/h3-8H,9H2,1-2H3;3-8H,9H2,1-2H3,(H2,22,23,24);3-8H,1-2H3,(H,17,18);1H2,(H2,3,4,5). The van der Waals surface area contributed by atoms with Gasteiger partial charge in [-0.15, -0.1) is 11.6 Å². The average molecular weight is 1160 g/mol. The molecular weight excluding hydrogens is 1110 g/mol. The van der Waals surface area contributed by atoms with E-state index in [1.807, 2.05) is 66.2 Å². The number of alkyl halides is 1. The molecule has 6 aromatic heterocycles. The van der Waals surface area contributed by atoms with Crippen molar-refractivity contribution in [2.24, 2.45) is 0 Å². The molecule has 76 heavy (non-hydrogen) atoms. The molecule has 0 spiro atoms. The van der Waals surface area contributed by atoms with E-state index in [0.717, 1.165) is 45.0 Å². The maximum atomic E-state index is 11.9. The van der Waals surface area contributed by atoms with Crippen LogP contribution in [0.25, 0.3) is 32.7 Å². The number of ketones is 3. The van der Waals surface area contributed by atoms with Crippen LogP contribution in [0.5, 0.6) is 0 Å². The molecule has 0 aliphatic rings. The number of hydrogen-bond donors (Lipinski definition) is 5. The highest BCUT2D eigenvalue weighted by Gasteiger charge is 2.23. The Labute approximate surface area is 447 Å². The van der Waals surface area contributed by atoms with Crippen LogP contribution in [0.4, 0.5) is 34.1 Å². The molecule has 0 aliphatic heterocycles. The van der Waals surface area contributed by atoms with Gasteiger partial charge in [0.25, 0.3) is 5.85 Å². The van der Waals surface area contributed by atoms with Crippen LogP contribution in [0.1, 0.15) is 52.2 Å². The zero-order valence-corrected chi connectivity index (χ0v) is 45.9. The molecule has 398 valence electrons. The monoisotopic (exact) mass is 1160 g/mol. The van der Waals surface area contributed by atoms with Crippen molar-refractivity contribution in [3.8, 4) is 0 Å². The largest absolute Gasteiger partial charge is 0.346 e. The lowest BCUT2D eigenvalue weighted by Gasteiger charge is -2.18. The van der Waals surface area contributed by atoms with Gasteiger partial charge in [-0.2, -0.15) is 15.3 Å². The molecule has 0 fully saturated rings. The molecule has 9 aromatic rings. The van der Waals surface area contributed by atoms with Crippen molar-refractivity contribution in [1.82, 2.24) is 59.7 Å². The third kappa shape index (κ3) is 15.4. The second-order valence-electron chi connectivity index (χ2n) is 16.3. The number of aromatic nitrogens is 12. The van der Waals surface area contributed by atoms with Gasteiger partial charge in [-0.05, 0) is 77.1 Å². The first kappa shape index (κ1) is 58.4. The zero-order valence-electron chi connectivity index (χ0n) is 41.0. The first-order chi connectivity index (χ1) is 35.7. The van der Waals surface area contributed by atoms with Gasteiger partial charge in [-0.25, -0.2) is 29.9 Å². The molecular formula is C45H47Cl3N15O10P3.